The lowest BCUT2D eigenvalue weighted by Gasteiger charge is -2.31. The Hall–Kier alpha value is -5.43. The third-order valence-electron chi connectivity index (χ3n) is 9.70. The van der Waals surface area contributed by atoms with Gasteiger partial charge in [-0.1, -0.05) is 78.9 Å². The van der Waals surface area contributed by atoms with Crippen molar-refractivity contribution < 1.29 is 0 Å². The van der Waals surface area contributed by atoms with Gasteiger partial charge in [0, 0.05) is 46.7 Å². The molecule has 6 heteroatoms. The van der Waals surface area contributed by atoms with E-state index in [1.807, 2.05) is 41.7 Å². The molecule has 47 heavy (non-hydrogen) atoms. The lowest BCUT2D eigenvalue weighted by atomic mass is 9.70. The first-order valence-electron chi connectivity index (χ1n) is 15.6. The summed E-state index contributed by atoms with van der Waals surface area (Å²) in [6.07, 6.45) is 11.9. The van der Waals surface area contributed by atoms with E-state index in [2.05, 4.69) is 112 Å². The van der Waals surface area contributed by atoms with Crippen molar-refractivity contribution in [3.8, 4) is 44.0 Å². The minimum Gasteiger partial charge on any atom is -0.686 e. The van der Waals surface area contributed by atoms with Crippen LogP contribution in [-0.4, -0.2) is 21.5 Å². The maximum Gasteiger partial charge on any atom is 0.124 e. The molecule has 0 bridgehead atoms. The van der Waals surface area contributed by atoms with Crippen molar-refractivity contribution in [1.82, 2.24) is 15.0 Å². The normalized spacial score (nSPS) is 14.9. The molecule has 0 N–H and O–H groups in total. The molecule has 0 fully saturated rings. The first-order valence-corrected chi connectivity index (χ1v) is 17.4. The largest absolute Gasteiger partial charge is 0.686 e. The summed E-state index contributed by atoms with van der Waals surface area (Å²) in [5.41, 5.74) is 16.6. The van der Waals surface area contributed by atoms with Gasteiger partial charge in [0.05, 0.1) is 5.41 Å². The first-order chi connectivity index (χ1) is 23.3. The lowest BCUT2D eigenvalue weighted by Crippen LogP contribution is -2.26. The highest BCUT2D eigenvalue weighted by molar-refractivity contribution is 7.13. The average molecular weight is 638 g/mol. The van der Waals surface area contributed by atoms with E-state index in [1.165, 1.54) is 44.5 Å². The second kappa shape index (κ2) is 10.3. The minimum absolute atomic E-state index is 0.460. The van der Waals surface area contributed by atoms with E-state index in [0.29, 0.717) is 6.54 Å². The van der Waals surface area contributed by atoms with Crippen molar-refractivity contribution in [3.63, 3.8) is 0 Å². The van der Waals surface area contributed by atoms with Crippen LogP contribution in [-0.2, 0) is 5.41 Å². The topological polar surface area (TPSA) is 52.8 Å². The summed E-state index contributed by atoms with van der Waals surface area (Å²) in [6, 6.07) is 34.1. The van der Waals surface area contributed by atoms with Crippen LogP contribution >= 0.6 is 22.7 Å². The molecule has 1 spiro atoms. The van der Waals surface area contributed by atoms with Crippen molar-refractivity contribution in [2.75, 3.05) is 6.54 Å². The fraction of sp³-hybridized carbons (Fsp3) is 0.0488. The van der Waals surface area contributed by atoms with Gasteiger partial charge in [-0.2, -0.15) is 6.20 Å². The lowest BCUT2D eigenvalue weighted by molar-refractivity contribution is 0.793. The van der Waals surface area contributed by atoms with Crippen LogP contribution in [0.15, 0.2) is 139 Å². The molecule has 4 nitrogen and oxygen atoms in total. The van der Waals surface area contributed by atoms with Crippen LogP contribution in [0.2, 0.25) is 0 Å². The number of thiazole rings is 2. The number of hydrogen-bond acceptors (Lipinski definition) is 5. The zero-order valence-electron chi connectivity index (χ0n) is 25.1. The molecular weight excluding hydrogens is 613 g/mol. The molecule has 1 aliphatic heterocycles. The molecule has 222 valence electrons. The van der Waals surface area contributed by atoms with E-state index in [-0.39, 0.29) is 0 Å². The summed E-state index contributed by atoms with van der Waals surface area (Å²) in [7, 11) is 0. The van der Waals surface area contributed by atoms with Gasteiger partial charge in [0.1, 0.15) is 10.0 Å². The van der Waals surface area contributed by atoms with Crippen LogP contribution in [0.25, 0.3) is 60.4 Å². The van der Waals surface area contributed by atoms with Gasteiger partial charge in [-0.25, -0.2) is 9.97 Å². The quantitative estimate of drug-likeness (QED) is 0.193. The summed E-state index contributed by atoms with van der Waals surface area (Å²) in [5.74, 6) is 0. The number of nitrogens with zero attached hydrogens (tertiary/aromatic N) is 4. The molecule has 2 aliphatic carbocycles. The van der Waals surface area contributed by atoms with Gasteiger partial charge in [0.15, 0.2) is 0 Å². The van der Waals surface area contributed by atoms with Gasteiger partial charge in [-0.15, -0.1) is 29.2 Å². The smallest absolute Gasteiger partial charge is 0.124 e. The first kappa shape index (κ1) is 26.8. The highest BCUT2D eigenvalue weighted by atomic mass is 32.1. The average Bonchev–Trinajstić information content (AvgIpc) is 3.96. The second-order valence-corrected chi connectivity index (χ2v) is 13.9. The Morgan fingerprint density at radius 1 is 0.574 bits per heavy atom. The van der Waals surface area contributed by atoms with Gasteiger partial charge in [0.25, 0.3) is 0 Å². The van der Waals surface area contributed by atoms with Gasteiger partial charge in [-0.05, 0) is 85.0 Å². The maximum absolute atomic E-state index is 4.76. The number of hydrogen-bond donors (Lipinski definition) is 0. The van der Waals surface area contributed by atoms with E-state index in [9.17, 15) is 0 Å². The molecule has 0 amide bonds. The van der Waals surface area contributed by atoms with Gasteiger partial charge < -0.3 is 5.32 Å². The number of aromatic nitrogens is 3. The third-order valence-corrected chi connectivity index (χ3v) is 11.4. The Balaban J connectivity index is 1.21. The van der Waals surface area contributed by atoms with Crippen molar-refractivity contribution >= 4 is 33.8 Å². The Labute approximate surface area is 280 Å². The van der Waals surface area contributed by atoms with Crippen LogP contribution in [0.4, 0.5) is 0 Å². The number of fused-ring (bicyclic) bond motifs is 10. The Bertz CT molecular complexity index is 2370. The second-order valence-electron chi connectivity index (χ2n) is 12.1. The third kappa shape index (κ3) is 3.89. The highest BCUT2D eigenvalue weighted by Crippen LogP contribution is 2.63. The number of benzene rings is 4. The van der Waals surface area contributed by atoms with Crippen molar-refractivity contribution in [2.24, 2.45) is 0 Å². The van der Waals surface area contributed by atoms with E-state index >= 15 is 0 Å². The van der Waals surface area contributed by atoms with Crippen LogP contribution < -0.4 is 0 Å². The molecule has 3 aliphatic rings. The molecule has 7 aromatic rings. The maximum atomic E-state index is 4.76. The number of rotatable bonds is 4. The fourth-order valence-corrected chi connectivity index (χ4v) is 9.03. The molecule has 3 aromatic heterocycles. The van der Waals surface area contributed by atoms with Gasteiger partial charge in [-0.3, -0.25) is 4.98 Å². The zero-order chi connectivity index (χ0) is 31.0. The summed E-state index contributed by atoms with van der Waals surface area (Å²) < 4.78 is 0. The standard InChI is InChI=1S/C41H25N4S2/c1-3-7-35-31(5-1)32-6-2-4-8-36(32)41(35)37-19-25(27-17-29(23-42-21-27)39-44-13-15-46-39)9-11-33(37)34-12-10-26(20-38(34)41)28-18-30(24-43-22-28)40-45-14-16-47-40/h1-23H,24H2/q-1. The van der Waals surface area contributed by atoms with Crippen molar-refractivity contribution in [1.29, 1.82) is 0 Å². The molecule has 0 atom stereocenters. The van der Waals surface area contributed by atoms with Crippen molar-refractivity contribution in [3.05, 3.63) is 177 Å². The molecule has 0 unspecified atom stereocenters. The zero-order valence-corrected chi connectivity index (χ0v) is 26.7. The van der Waals surface area contributed by atoms with Gasteiger partial charge in [0.2, 0.25) is 0 Å². The summed E-state index contributed by atoms with van der Waals surface area (Å²) in [6.45, 7) is 0.652. The van der Waals surface area contributed by atoms with Crippen LogP contribution in [0.5, 0.6) is 0 Å². The predicted molar refractivity (Wildman–Crippen MR) is 193 cm³/mol. The Morgan fingerprint density at radius 3 is 1.89 bits per heavy atom. The van der Waals surface area contributed by atoms with E-state index < -0.39 is 5.41 Å². The molecule has 4 aromatic carbocycles. The van der Waals surface area contributed by atoms with Crippen LogP contribution in [0, 0.1) is 0 Å². The fourth-order valence-electron chi connectivity index (χ4n) is 7.76. The number of pyridine rings is 1. The predicted octanol–water partition coefficient (Wildman–Crippen LogP) is 10.5. The molecule has 4 heterocycles. The molecule has 10 rings (SSSR count). The van der Waals surface area contributed by atoms with E-state index in [1.54, 1.807) is 22.7 Å². The SMILES string of the molecule is C1=C(c2ccc3c(c2)C2(c4ccccc4-c4ccccc42)c2cc(-c4cncc(-c5nccs5)c4)ccc2-3)C=C(c2nccs2)C[N-]1. The molecule has 0 radical (unpaired) electrons. The Kier molecular flexibility index (Phi) is 5.86. The minimum atomic E-state index is -0.460. The summed E-state index contributed by atoms with van der Waals surface area (Å²) in [5, 5.41) is 10.8. The van der Waals surface area contributed by atoms with Crippen LogP contribution in [0.1, 0.15) is 32.8 Å². The monoisotopic (exact) mass is 637 g/mol. The summed E-state index contributed by atoms with van der Waals surface area (Å²) >= 11 is 3.30. The number of allylic oxidation sites excluding steroid dienone is 2. The van der Waals surface area contributed by atoms with Crippen molar-refractivity contribution in [2.45, 2.75) is 5.41 Å². The highest BCUT2D eigenvalue weighted by Gasteiger charge is 2.51. The molecule has 0 saturated heterocycles. The molecular formula is C41H25N4S2-. The van der Waals surface area contributed by atoms with E-state index in [0.717, 1.165) is 43.4 Å². The Morgan fingerprint density at radius 2 is 1.19 bits per heavy atom. The van der Waals surface area contributed by atoms with E-state index in [4.69, 9.17) is 5.32 Å². The summed E-state index contributed by atoms with van der Waals surface area (Å²) in [4.78, 5) is 13.8. The molecule has 0 saturated carbocycles. The van der Waals surface area contributed by atoms with Crippen LogP contribution in [0.3, 0.4) is 0 Å². The van der Waals surface area contributed by atoms with Gasteiger partial charge >= 0.3 is 0 Å².